The van der Waals surface area contributed by atoms with Gasteiger partial charge in [-0.05, 0) is 62.7 Å². The number of nitrogens with zero attached hydrogens (tertiary/aromatic N) is 3. The lowest BCUT2D eigenvalue weighted by Crippen LogP contribution is -2.37. The molecule has 0 spiro atoms. The van der Waals surface area contributed by atoms with Crippen LogP contribution in [-0.2, 0) is 16.6 Å². The van der Waals surface area contributed by atoms with E-state index in [4.69, 9.17) is 9.26 Å². The number of ether oxygens (including phenoxy) is 1. The van der Waals surface area contributed by atoms with Crippen LogP contribution in [0.15, 0.2) is 57.9 Å². The molecule has 2 aromatic carbocycles. The van der Waals surface area contributed by atoms with Crippen LogP contribution < -0.4 is 4.74 Å². The van der Waals surface area contributed by atoms with E-state index in [1.165, 1.54) is 16.4 Å². The van der Waals surface area contributed by atoms with Crippen molar-refractivity contribution < 1.29 is 26.9 Å². The van der Waals surface area contributed by atoms with Crippen molar-refractivity contribution in [2.75, 3.05) is 26.2 Å². The van der Waals surface area contributed by atoms with Gasteiger partial charge in [0.25, 0.3) is 5.91 Å². The predicted molar refractivity (Wildman–Crippen MR) is 122 cm³/mol. The molecule has 180 valence electrons. The van der Waals surface area contributed by atoms with Crippen LogP contribution in [0.5, 0.6) is 5.75 Å². The Labute approximate surface area is 198 Å². The Bertz CT molecular complexity index is 1250. The van der Waals surface area contributed by atoms with Gasteiger partial charge in [-0.3, -0.25) is 4.79 Å². The molecule has 4 rings (SSSR count). The molecule has 1 fully saturated rings. The van der Waals surface area contributed by atoms with E-state index >= 15 is 0 Å². The zero-order chi connectivity index (χ0) is 24.3. The molecule has 1 saturated heterocycles. The first kappa shape index (κ1) is 23.9. The van der Waals surface area contributed by atoms with E-state index in [1.54, 1.807) is 29.2 Å². The highest BCUT2D eigenvalue weighted by atomic mass is 32.2. The number of halogens is 1. The molecule has 0 unspecified atom stereocenters. The highest BCUT2D eigenvalue weighted by Crippen LogP contribution is 2.22. The van der Waals surface area contributed by atoms with E-state index in [0.29, 0.717) is 30.0 Å². The number of carbonyl (C=O) groups is 1. The number of aryl methyl sites for hydroxylation is 2. The SMILES string of the molecule is Cc1noc(C)c1COc1cccc(C(=O)N2CCCN(S(=O)(=O)c3ccc(F)cc3)CC2)c1. The number of carbonyl (C=O) groups excluding carboxylic acids is 1. The van der Waals surface area contributed by atoms with E-state index in [-0.39, 0.29) is 37.0 Å². The second kappa shape index (κ2) is 9.94. The summed E-state index contributed by atoms with van der Waals surface area (Å²) in [6, 6.07) is 11.7. The van der Waals surface area contributed by atoms with Crippen molar-refractivity contribution in [3.63, 3.8) is 0 Å². The molecule has 1 aromatic heterocycles. The standard InChI is InChI=1S/C24H26FN3O5S/c1-17-23(18(2)33-26-17)16-32-21-6-3-5-19(15-21)24(29)27-11-4-12-28(14-13-27)34(30,31)22-9-7-20(25)8-10-22/h3,5-10,15H,4,11-14,16H2,1-2H3. The van der Waals surface area contributed by atoms with Crippen molar-refractivity contribution in [3.05, 3.63) is 76.9 Å². The fraction of sp³-hybridized carbons (Fsp3) is 0.333. The lowest BCUT2D eigenvalue weighted by Gasteiger charge is -2.22. The van der Waals surface area contributed by atoms with E-state index in [1.807, 2.05) is 13.8 Å². The van der Waals surface area contributed by atoms with Gasteiger partial charge in [-0.15, -0.1) is 0 Å². The normalized spacial score (nSPS) is 15.2. The lowest BCUT2D eigenvalue weighted by molar-refractivity contribution is 0.0763. The van der Waals surface area contributed by atoms with Crippen molar-refractivity contribution in [1.82, 2.24) is 14.4 Å². The summed E-state index contributed by atoms with van der Waals surface area (Å²) >= 11 is 0. The Kier molecular flexibility index (Phi) is 6.99. The van der Waals surface area contributed by atoms with Crippen LogP contribution >= 0.6 is 0 Å². The number of hydrogen-bond donors (Lipinski definition) is 0. The average molecular weight is 488 g/mol. The molecular weight excluding hydrogens is 461 g/mol. The molecular formula is C24H26FN3O5S. The topological polar surface area (TPSA) is 93.0 Å². The predicted octanol–water partition coefficient (Wildman–Crippen LogP) is 3.55. The van der Waals surface area contributed by atoms with Gasteiger partial charge in [0.15, 0.2) is 0 Å². The van der Waals surface area contributed by atoms with Gasteiger partial charge in [0.05, 0.1) is 16.2 Å². The number of amides is 1. The molecule has 2 heterocycles. The summed E-state index contributed by atoms with van der Waals surface area (Å²) in [6.45, 7) is 5.06. The summed E-state index contributed by atoms with van der Waals surface area (Å²) < 4.78 is 51.4. The van der Waals surface area contributed by atoms with Gasteiger partial charge in [0.1, 0.15) is 23.9 Å². The van der Waals surface area contributed by atoms with Gasteiger partial charge in [-0.2, -0.15) is 4.31 Å². The monoisotopic (exact) mass is 487 g/mol. The molecule has 8 nitrogen and oxygen atoms in total. The second-order valence-electron chi connectivity index (χ2n) is 8.12. The van der Waals surface area contributed by atoms with Crippen LogP contribution in [0.1, 0.15) is 33.8 Å². The third-order valence-corrected chi connectivity index (χ3v) is 7.75. The van der Waals surface area contributed by atoms with Gasteiger partial charge in [-0.1, -0.05) is 11.2 Å². The molecule has 0 saturated carbocycles. The minimum Gasteiger partial charge on any atom is -0.489 e. The molecule has 0 bridgehead atoms. The van der Waals surface area contributed by atoms with Crippen molar-refractivity contribution >= 4 is 15.9 Å². The Hall–Kier alpha value is -3.24. The van der Waals surface area contributed by atoms with Gasteiger partial charge in [0, 0.05) is 31.7 Å². The second-order valence-corrected chi connectivity index (χ2v) is 10.1. The van der Waals surface area contributed by atoms with Crippen molar-refractivity contribution in [1.29, 1.82) is 0 Å². The van der Waals surface area contributed by atoms with Crippen LogP contribution in [0.2, 0.25) is 0 Å². The largest absolute Gasteiger partial charge is 0.489 e. The molecule has 10 heteroatoms. The molecule has 0 N–H and O–H groups in total. The maximum Gasteiger partial charge on any atom is 0.254 e. The van der Waals surface area contributed by atoms with Crippen molar-refractivity contribution in [3.8, 4) is 5.75 Å². The first-order valence-corrected chi connectivity index (χ1v) is 12.4. The van der Waals surface area contributed by atoms with Crippen LogP contribution in [0.4, 0.5) is 4.39 Å². The highest BCUT2D eigenvalue weighted by Gasteiger charge is 2.28. The van der Waals surface area contributed by atoms with E-state index in [9.17, 15) is 17.6 Å². The smallest absolute Gasteiger partial charge is 0.254 e. The molecule has 0 aliphatic carbocycles. The van der Waals surface area contributed by atoms with E-state index in [2.05, 4.69) is 5.16 Å². The Morgan fingerprint density at radius 3 is 2.56 bits per heavy atom. The van der Waals surface area contributed by atoms with E-state index in [0.717, 1.165) is 23.4 Å². The third kappa shape index (κ3) is 5.13. The zero-order valence-corrected chi connectivity index (χ0v) is 19.8. The van der Waals surface area contributed by atoms with Crippen molar-refractivity contribution in [2.24, 2.45) is 0 Å². The summed E-state index contributed by atoms with van der Waals surface area (Å²) in [6.07, 6.45) is 0.494. The molecule has 0 atom stereocenters. The van der Waals surface area contributed by atoms with Crippen molar-refractivity contribution in [2.45, 2.75) is 31.8 Å². The molecule has 3 aromatic rings. The van der Waals surface area contributed by atoms with Crippen LogP contribution in [0.25, 0.3) is 0 Å². The third-order valence-electron chi connectivity index (χ3n) is 5.84. The molecule has 1 aliphatic heterocycles. The fourth-order valence-corrected chi connectivity index (χ4v) is 5.33. The maximum absolute atomic E-state index is 13.2. The molecule has 0 radical (unpaired) electrons. The number of sulfonamides is 1. The minimum atomic E-state index is -3.76. The van der Waals surface area contributed by atoms with E-state index < -0.39 is 15.8 Å². The quantitative estimate of drug-likeness (QED) is 0.528. The summed E-state index contributed by atoms with van der Waals surface area (Å²) in [5, 5.41) is 3.91. The summed E-state index contributed by atoms with van der Waals surface area (Å²) in [5.74, 6) is 0.545. The highest BCUT2D eigenvalue weighted by molar-refractivity contribution is 7.89. The first-order chi connectivity index (χ1) is 16.3. The van der Waals surface area contributed by atoms with Gasteiger partial charge < -0.3 is 14.2 Å². The number of benzene rings is 2. The first-order valence-electron chi connectivity index (χ1n) is 11.0. The molecule has 34 heavy (non-hydrogen) atoms. The molecule has 1 amide bonds. The lowest BCUT2D eigenvalue weighted by atomic mass is 10.1. The Morgan fingerprint density at radius 1 is 1.09 bits per heavy atom. The molecule has 1 aliphatic rings. The summed E-state index contributed by atoms with van der Waals surface area (Å²) in [7, 11) is -3.76. The minimum absolute atomic E-state index is 0.0387. The van der Waals surface area contributed by atoms with Crippen LogP contribution in [0.3, 0.4) is 0 Å². The van der Waals surface area contributed by atoms with Gasteiger partial charge in [-0.25, -0.2) is 12.8 Å². The Balaban J connectivity index is 1.42. The van der Waals surface area contributed by atoms with Crippen LogP contribution in [0, 0.1) is 19.7 Å². The maximum atomic E-state index is 13.2. The van der Waals surface area contributed by atoms with Gasteiger partial charge >= 0.3 is 0 Å². The Morgan fingerprint density at radius 2 is 1.85 bits per heavy atom. The van der Waals surface area contributed by atoms with Crippen LogP contribution in [-0.4, -0.2) is 54.9 Å². The fourth-order valence-electron chi connectivity index (χ4n) is 3.86. The number of aromatic nitrogens is 1. The summed E-state index contributed by atoms with van der Waals surface area (Å²) in [4.78, 5) is 14.8. The number of hydrogen-bond acceptors (Lipinski definition) is 6. The number of rotatable bonds is 6. The average Bonchev–Trinajstić information content (AvgIpc) is 3.01. The summed E-state index contributed by atoms with van der Waals surface area (Å²) in [5.41, 5.74) is 2.09. The van der Waals surface area contributed by atoms with Gasteiger partial charge in [0.2, 0.25) is 10.0 Å². The zero-order valence-electron chi connectivity index (χ0n) is 19.0.